The van der Waals surface area contributed by atoms with Gasteiger partial charge in [0.15, 0.2) is 23.0 Å². The van der Waals surface area contributed by atoms with Crippen molar-refractivity contribution in [1.82, 2.24) is 0 Å². The van der Waals surface area contributed by atoms with Gasteiger partial charge >= 0.3 is 0 Å². The Balaban J connectivity index is 1.41. The summed E-state index contributed by atoms with van der Waals surface area (Å²) in [5.41, 5.74) is 3.48. The third kappa shape index (κ3) is 3.56. The molecule has 1 unspecified atom stereocenters. The number of nitrogens with one attached hydrogen (secondary N) is 1. The second kappa shape index (κ2) is 8.34. The molecule has 32 heavy (non-hydrogen) atoms. The molecule has 2 aliphatic rings. The smallest absolute Gasteiger partial charge is 0.258 e. The van der Waals surface area contributed by atoms with Gasteiger partial charge in [0.1, 0.15) is 0 Å². The Morgan fingerprint density at radius 2 is 1.78 bits per heavy atom. The van der Waals surface area contributed by atoms with Gasteiger partial charge in [-0.05, 0) is 48.4 Å². The van der Waals surface area contributed by atoms with E-state index >= 15 is 0 Å². The molecule has 1 amide bonds. The largest absolute Gasteiger partial charge is 0.493 e. The SMILES string of the molecule is COc1ccc(C(=O)N2CCC(Nc3ccc4c(c3)OCO4)c3ccccc32)cc1OC. The molecule has 7 heteroatoms. The molecule has 0 saturated carbocycles. The molecule has 0 fully saturated rings. The van der Waals surface area contributed by atoms with Crippen molar-refractivity contribution in [3.8, 4) is 23.0 Å². The van der Waals surface area contributed by atoms with Crippen LogP contribution >= 0.6 is 0 Å². The van der Waals surface area contributed by atoms with Crippen molar-refractivity contribution in [1.29, 1.82) is 0 Å². The van der Waals surface area contributed by atoms with Gasteiger partial charge in [0.05, 0.1) is 20.3 Å². The van der Waals surface area contributed by atoms with Crippen LogP contribution in [0.5, 0.6) is 23.0 Å². The summed E-state index contributed by atoms with van der Waals surface area (Å²) in [6.45, 7) is 0.838. The highest BCUT2D eigenvalue weighted by molar-refractivity contribution is 6.07. The highest BCUT2D eigenvalue weighted by atomic mass is 16.7. The Morgan fingerprint density at radius 1 is 0.969 bits per heavy atom. The Hall–Kier alpha value is -3.87. The zero-order valence-corrected chi connectivity index (χ0v) is 18.0. The van der Waals surface area contributed by atoms with E-state index in [1.54, 1.807) is 32.4 Å². The highest BCUT2D eigenvalue weighted by Gasteiger charge is 2.29. The number of hydrogen-bond acceptors (Lipinski definition) is 6. The average molecular weight is 432 g/mol. The number of ether oxygens (including phenoxy) is 4. The van der Waals surface area contributed by atoms with E-state index < -0.39 is 0 Å². The first-order chi connectivity index (χ1) is 15.7. The van der Waals surface area contributed by atoms with Crippen molar-refractivity contribution in [3.05, 3.63) is 71.8 Å². The van der Waals surface area contributed by atoms with Gasteiger partial charge in [0.2, 0.25) is 6.79 Å². The number of carbonyl (C=O) groups is 1. The molecule has 0 aliphatic carbocycles. The van der Waals surface area contributed by atoms with Crippen LogP contribution in [0.3, 0.4) is 0 Å². The third-order valence-electron chi connectivity index (χ3n) is 5.83. The molecule has 0 bridgehead atoms. The Morgan fingerprint density at radius 3 is 2.62 bits per heavy atom. The number of para-hydroxylation sites is 1. The van der Waals surface area contributed by atoms with Crippen LogP contribution in [0.1, 0.15) is 28.4 Å². The molecule has 2 aliphatic heterocycles. The fraction of sp³-hybridized carbons (Fsp3) is 0.240. The maximum Gasteiger partial charge on any atom is 0.258 e. The van der Waals surface area contributed by atoms with Crippen LogP contribution in [0, 0.1) is 0 Å². The van der Waals surface area contributed by atoms with Crippen molar-refractivity contribution in [2.24, 2.45) is 0 Å². The molecule has 3 aromatic carbocycles. The first-order valence-electron chi connectivity index (χ1n) is 10.5. The molecule has 2 heterocycles. The molecule has 1 atom stereocenters. The van der Waals surface area contributed by atoms with Gasteiger partial charge in [-0.25, -0.2) is 0 Å². The van der Waals surface area contributed by atoms with E-state index in [1.165, 1.54) is 0 Å². The van der Waals surface area contributed by atoms with Gasteiger partial charge in [-0.15, -0.1) is 0 Å². The van der Waals surface area contributed by atoms with Crippen LogP contribution in [-0.4, -0.2) is 33.5 Å². The number of methoxy groups -OCH3 is 2. The lowest BCUT2D eigenvalue weighted by molar-refractivity contribution is 0.0984. The molecular formula is C25H24N2O5. The quantitative estimate of drug-likeness (QED) is 0.634. The summed E-state index contributed by atoms with van der Waals surface area (Å²) in [4.78, 5) is 15.2. The molecule has 1 N–H and O–H groups in total. The number of hydrogen-bond donors (Lipinski definition) is 1. The molecule has 0 saturated heterocycles. The molecular weight excluding hydrogens is 408 g/mol. The minimum atomic E-state index is -0.0695. The van der Waals surface area contributed by atoms with E-state index in [0.717, 1.165) is 34.9 Å². The molecule has 0 spiro atoms. The number of amides is 1. The van der Waals surface area contributed by atoms with Crippen LogP contribution in [0.25, 0.3) is 0 Å². The predicted molar refractivity (Wildman–Crippen MR) is 121 cm³/mol. The summed E-state index contributed by atoms with van der Waals surface area (Å²) >= 11 is 0. The fourth-order valence-corrected chi connectivity index (χ4v) is 4.24. The predicted octanol–water partition coefficient (Wildman–Crippen LogP) is 4.64. The molecule has 5 rings (SSSR count). The second-order valence-electron chi connectivity index (χ2n) is 7.64. The van der Waals surface area contributed by atoms with Crippen LogP contribution in [0.2, 0.25) is 0 Å². The molecule has 0 radical (unpaired) electrons. The maximum atomic E-state index is 13.4. The van der Waals surface area contributed by atoms with Gasteiger partial charge in [-0.2, -0.15) is 0 Å². The first-order valence-corrected chi connectivity index (χ1v) is 10.5. The molecule has 3 aromatic rings. The van der Waals surface area contributed by atoms with E-state index in [1.807, 2.05) is 41.3 Å². The average Bonchev–Trinajstić information content (AvgIpc) is 3.31. The number of benzene rings is 3. The third-order valence-corrected chi connectivity index (χ3v) is 5.83. The number of rotatable bonds is 5. The molecule has 7 nitrogen and oxygen atoms in total. The second-order valence-corrected chi connectivity index (χ2v) is 7.64. The van der Waals surface area contributed by atoms with Crippen molar-refractivity contribution in [2.45, 2.75) is 12.5 Å². The standard InChI is InChI=1S/C25H24N2O5/c1-29-21-9-7-16(13-23(21)30-2)25(28)27-12-11-19(18-5-3-4-6-20(18)27)26-17-8-10-22-24(14-17)32-15-31-22/h3-10,13-14,19,26H,11-12,15H2,1-2H3. The van der Waals surface area contributed by atoms with Gasteiger partial charge in [0, 0.05) is 29.5 Å². The monoisotopic (exact) mass is 432 g/mol. The Kier molecular flexibility index (Phi) is 5.23. The highest BCUT2D eigenvalue weighted by Crippen LogP contribution is 2.39. The van der Waals surface area contributed by atoms with Crippen LogP contribution < -0.4 is 29.2 Å². The zero-order valence-electron chi connectivity index (χ0n) is 18.0. The van der Waals surface area contributed by atoms with Gasteiger partial charge in [-0.3, -0.25) is 4.79 Å². The van der Waals surface area contributed by atoms with Crippen LogP contribution in [0.15, 0.2) is 60.7 Å². The molecule has 0 aromatic heterocycles. The number of carbonyl (C=O) groups excluding carboxylic acids is 1. The lowest BCUT2D eigenvalue weighted by Crippen LogP contribution is -2.38. The lowest BCUT2D eigenvalue weighted by Gasteiger charge is -2.35. The maximum absolute atomic E-state index is 13.4. The van der Waals surface area contributed by atoms with Crippen LogP contribution in [0.4, 0.5) is 11.4 Å². The summed E-state index contributed by atoms with van der Waals surface area (Å²) in [5, 5.41) is 3.59. The van der Waals surface area contributed by atoms with Crippen molar-refractivity contribution in [3.63, 3.8) is 0 Å². The number of nitrogens with zero attached hydrogens (tertiary/aromatic N) is 1. The van der Waals surface area contributed by atoms with E-state index in [0.29, 0.717) is 23.6 Å². The van der Waals surface area contributed by atoms with E-state index in [4.69, 9.17) is 18.9 Å². The normalized spacial score (nSPS) is 16.3. The van der Waals surface area contributed by atoms with E-state index in [9.17, 15) is 4.79 Å². The van der Waals surface area contributed by atoms with Crippen molar-refractivity contribution >= 4 is 17.3 Å². The van der Waals surface area contributed by atoms with Crippen LogP contribution in [-0.2, 0) is 0 Å². The van der Waals surface area contributed by atoms with Crippen molar-refractivity contribution in [2.75, 3.05) is 37.8 Å². The van der Waals surface area contributed by atoms with Gasteiger partial charge in [0.25, 0.3) is 5.91 Å². The Labute approximate surface area is 186 Å². The summed E-state index contributed by atoms with van der Waals surface area (Å²) in [6.07, 6.45) is 0.768. The van der Waals surface area contributed by atoms with Gasteiger partial charge < -0.3 is 29.2 Å². The summed E-state index contributed by atoms with van der Waals surface area (Å²) in [6, 6.07) is 19.2. The summed E-state index contributed by atoms with van der Waals surface area (Å²) in [7, 11) is 3.14. The minimum absolute atomic E-state index is 0.0695. The number of anilines is 2. The topological polar surface area (TPSA) is 69.3 Å². The van der Waals surface area contributed by atoms with Gasteiger partial charge in [-0.1, -0.05) is 18.2 Å². The Bertz CT molecular complexity index is 1160. The minimum Gasteiger partial charge on any atom is -0.493 e. The summed E-state index contributed by atoms with van der Waals surface area (Å²) < 4.78 is 21.6. The van der Waals surface area contributed by atoms with E-state index in [2.05, 4.69) is 11.4 Å². The lowest BCUT2D eigenvalue weighted by atomic mass is 9.95. The first kappa shape index (κ1) is 20.1. The summed E-state index contributed by atoms with van der Waals surface area (Å²) in [5.74, 6) is 2.55. The molecule has 164 valence electrons. The van der Waals surface area contributed by atoms with Crippen molar-refractivity contribution < 1.29 is 23.7 Å². The zero-order chi connectivity index (χ0) is 22.1. The number of fused-ring (bicyclic) bond motifs is 2. The fourth-order valence-electron chi connectivity index (χ4n) is 4.24. The van der Waals surface area contributed by atoms with E-state index in [-0.39, 0.29) is 18.7 Å².